The molecule has 0 bridgehead atoms. The lowest BCUT2D eigenvalue weighted by Crippen LogP contribution is -2.37. The fraction of sp³-hybridized carbons (Fsp3) is 0.400. The first kappa shape index (κ1) is 14.9. The Kier molecular flexibility index (Phi) is 3.82. The molecule has 6 nitrogen and oxygen atoms in total. The van der Waals surface area contributed by atoms with Gasteiger partial charge < -0.3 is 14.6 Å². The monoisotopic (exact) mass is 322 g/mol. The highest BCUT2D eigenvalue weighted by atomic mass is 32.2. The highest BCUT2D eigenvalue weighted by Crippen LogP contribution is 2.26. The molecule has 1 amide bonds. The number of methoxy groups -OCH3 is 1. The second-order valence-electron chi connectivity index (χ2n) is 5.50. The average molecular weight is 322 g/mol. The van der Waals surface area contributed by atoms with Crippen molar-refractivity contribution in [3.05, 3.63) is 30.5 Å². The van der Waals surface area contributed by atoms with Gasteiger partial charge in [0, 0.05) is 17.6 Å². The van der Waals surface area contributed by atoms with Crippen molar-refractivity contribution in [2.24, 2.45) is 0 Å². The van der Waals surface area contributed by atoms with Gasteiger partial charge in [-0.15, -0.1) is 0 Å². The van der Waals surface area contributed by atoms with E-state index in [4.69, 9.17) is 4.74 Å². The number of carbonyl (C=O) groups is 1. The summed E-state index contributed by atoms with van der Waals surface area (Å²) in [7, 11) is -1.37. The van der Waals surface area contributed by atoms with Crippen molar-refractivity contribution >= 4 is 26.6 Å². The van der Waals surface area contributed by atoms with Crippen LogP contribution in [0.3, 0.4) is 0 Å². The van der Waals surface area contributed by atoms with Gasteiger partial charge in [0.05, 0.1) is 24.1 Å². The number of carbonyl (C=O) groups excluding carboxylic acids is 1. The number of fused-ring (bicyclic) bond motifs is 1. The van der Waals surface area contributed by atoms with E-state index in [1.807, 2.05) is 35.0 Å². The van der Waals surface area contributed by atoms with Crippen molar-refractivity contribution in [1.29, 1.82) is 0 Å². The van der Waals surface area contributed by atoms with Gasteiger partial charge in [-0.1, -0.05) is 6.07 Å². The van der Waals surface area contributed by atoms with E-state index in [0.29, 0.717) is 6.42 Å². The zero-order chi connectivity index (χ0) is 15.7. The van der Waals surface area contributed by atoms with Crippen LogP contribution in [0.15, 0.2) is 30.5 Å². The summed E-state index contributed by atoms with van der Waals surface area (Å²) in [5, 5.41) is 3.74. The van der Waals surface area contributed by atoms with Crippen LogP contribution in [-0.2, 0) is 21.2 Å². The van der Waals surface area contributed by atoms with Crippen molar-refractivity contribution in [3.8, 4) is 5.75 Å². The Morgan fingerprint density at radius 1 is 1.41 bits per heavy atom. The molecule has 0 spiro atoms. The summed E-state index contributed by atoms with van der Waals surface area (Å²) >= 11 is 0. The van der Waals surface area contributed by atoms with Crippen molar-refractivity contribution in [3.63, 3.8) is 0 Å². The number of nitrogens with one attached hydrogen (secondary N) is 1. The second kappa shape index (κ2) is 5.64. The van der Waals surface area contributed by atoms with Gasteiger partial charge in [-0.2, -0.15) is 0 Å². The van der Waals surface area contributed by atoms with Crippen LogP contribution in [0.5, 0.6) is 5.75 Å². The number of nitrogens with zero attached hydrogens (tertiary/aromatic N) is 1. The molecule has 1 fully saturated rings. The van der Waals surface area contributed by atoms with Crippen LogP contribution < -0.4 is 10.1 Å². The molecule has 0 saturated carbocycles. The molecule has 1 saturated heterocycles. The van der Waals surface area contributed by atoms with Crippen LogP contribution in [0.25, 0.3) is 10.9 Å². The van der Waals surface area contributed by atoms with Crippen LogP contribution in [0.1, 0.15) is 6.42 Å². The summed E-state index contributed by atoms with van der Waals surface area (Å²) in [6.07, 6.45) is 2.33. The first-order valence-electron chi connectivity index (χ1n) is 7.10. The Hall–Kier alpha value is -2.02. The Labute approximate surface area is 129 Å². The molecule has 1 N–H and O–H groups in total. The molecule has 22 heavy (non-hydrogen) atoms. The number of amides is 1. The van der Waals surface area contributed by atoms with Crippen molar-refractivity contribution in [2.45, 2.75) is 19.0 Å². The molecule has 1 aliphatic heterocycles. The molecule has 7 heteroatoms. The molecule has 1 aliphatic rings. The largest absolute Gasteiger partial charge is 0.496 e. The molecule has 0 aliphatic carbocycles. The lowest BCUT2D eigenvalue weighted by molar-refractivity contribution is -0.122. The Morgan fingerprint density at radius 2 is 2.23 bits per heavy atom. The van der Waals surface area contributed by atoms with Crippen LogP contribution >= 0.6 is 0 Å². The van der Waals surface area contributed by atoms with Crippen LogP contribution in [0.4, 0.5) is 0 Å². The van der Waals surface area contributed by atoms with Gasteiger partial charge >= 0.3 is 0 Å². The second-order valence-corrected chi connectivity index (χ2v) is 7.73. The summed E-state index contributed by atoms with van der Waals surface area (Å²) in [6.45, 7) is 0.160. The van der Waals surface area contributed by atoms with E-state index in [9.17, 15) is 13.2 Å². The van der Waals surface area contributed by atoms with Gasteiger partial charge in [-0.25, -0.2) is 8.42 Å². The predicted octanol–water partition coefficient (Wildman–Crippen LogP) is 0.953. The summed E-state index contributed by atoms with van der Waals surface area (Å²) in [5.74, 6) is 0.779. The Morgan fingerprint density at radius 3 is 2.91 bits per heavy atom. The maximum Gasteiger partial charge on any atom is 0.240 e. The van der Waals surface area contributed by atoms with Crippen molar-refractivity contribution in [1.82, 2.24) is 9.88 Å². The minimum atomic E-state index is -2.98. The Bertz CT molecular complexity index is 810. The normalized spacial score (nSPS) is 20.1. The molecule has 118 valence electrons. The van der Waals surface area contributed by atoms with E-state index in [2.05, 4.69) is 5.32 Å². The van der Waals surface area contributed by atoms with Gasteiger partial charge in [0.2, 0.25) is 5.91 Å². The topological polar surface area (TPSA) is 77.4 Å². The first-order chi connectivity index (χ1) is 10.5. The van der Waals surface area contributed by atoms with E-state index >= 15 is 0 Å². The summed E-state index contributed by atoms with van der Waals surface area (Å²) in [5.41, 5.74) is 0.911. The van der Waals surface area contributed by atoms with Crippen LogP contribution in [0.2, 0.25) is 0 Å². The molecule has 0 radical (unpaired) electrons. The number of benzene rings is 1. The predicted molar refractivity (Wildman–Crippen MR) is 83.7 cm³/mol. The maximum atomic E-state index is 12.1. The van der Waals surface area contributed by atoms with Gasteiger partial charge in [-0.05, 0) is 24.6 Å². The summed E-state index contributed by atoms with van der Waals surface area (Å²) < 4.78 is 30.0. The van der Waals surface area contributed by atoms with Crippen molar-refractivity contribution in [2.75, 3.05) is 18.6 Å². The number of hydrogen-bond donors (Lipinski definition) is 1. The standard InChI is InChI=1S/C15H18N2O4S/c1-21-14-4-2-3-13-12(14)5-7-17(13)9-15(18)16-11-6-8-22(19,20)10-11/h2-5,7,11H,6,8-10H2,1H3,(H,16,18)/t11-/m0/s1. The zero-order valence-corrected chi connectivity index (χ0v) is 13.1. The number of sulfone groups is 1. The maximum absolute atomic E-state index is 12.1. The Balaban J connectivity index is 1.72. The van der Waals surface area contributed by atoms with Gasteiger partial charge in [0.1, 0.15) is 12.3 Å². The first-order valence-corrected chi connectivity index (χ1v) is 8.92. The average Bonchev–Trinajstić information content (AvgIpc) is 3.02. The molecule has 1 aromatic heterocycles. The smallest absolute Gasteiger partial charge is 0.240 e. The van der Waals surface area contributed by atoms with E-state index < -0.39 is 9.84 Å². The summed E-state index contributed by atoms with van der Waals surface area (Å²) in [4.78, 5) is 12.1. The quantitative estimate of drug-likeness (QED) is 0.909. The molecule has 3 rings (SSSR count). The van der Waals surface area contributed by atoms with Gasteiger partial charge in [0.25, 0.3) is 0 Å². The van der Waals surface area contributed by atoms with E-state index in [1.165, 1.54) is 0 Å². The molecular formula is C15H18N2O4S. The highest BCUT2D eigenvalue weighted by molar-refractivity contribution is 7.91. The number of aromatic nitrogens is 1. The van der Waals surface area contributed by atoms with E-state index in [0.717, 1.165) is 16.7 Å². The fourth-order valence-electron chi connectivity index (χ4n) is 2.85. The zero-order valence-electron chi connectivity index (χ0n) is 12.3. The van der Waals surface area contributed by atoms with E-state index in [-0.39, 0.29) is 30.0 Å². The molecule has 0 unspecified atom stereocenters. The number of rotatable bonds is 4. The molecule has 2 aromatic rings. The van der Waals surface area contributed by atoms with Crippen LogP contribution in [-0.4, -0.2) is 43.5 Å². The SMILES string of the molecule is COc1cccc2c1ccn2CC(=O)N[C@H]1CCS(=O)(=O)C1. The highest BCUT2D eigenvalue weighted by Gasteiger charge is 2.28. The summed E-state index contributed by atoms with van der Waals surface area (Å²) in [6, 6.07) is 7.30. The minimum absolute atomic E-state index is 0.0407. The lowest BCUT2D eigenvalue weighted by Gasteiger charge is -2.12. The van der Waals surface area contributed by atoms with Gasteiger partial charge in [0.15, 0.2) is 9.84 Å². The molecule has 2 heterocycles. The number of hydrogen-bond acceptors (Lipinski definition) is 4. The minimum Gasteiger partial charge on any atom is -0.496 e. The number of ether oxygens (including phenoxy) is 1. The van der Waals surface area contributed by atoms with E-state index in [1.54, 1.807) is 7.11 Å². The molecule has 1 aromatic carbocycles. The fourth-order valence-corrected chi connectivity index (χ4v) is 4.52. The molecule has 1 atom stereocenters. The van der Waals surface area contributed by atoms with Crippen molar-refractivity contribution < 1.29 is 17.9 Å². The lowest BCUT2D eigenvalue weighted by atomic mass is 10.2. The third kappa shape index (κ3) is 2.94. The van der Waals surface area contributed by atoms with Crippen LogP contribution in [0, 0.1) is 0 Å². The third-order valence-electron chi connectivity index (χ3n) is 3.91. The third-order valence-corrected chi connectivity index (χ3v) is 5.67. The van der Waals surface area contributed by atoms with Gasteiger partial charge in [-0.3, -0.25) is 4.79 Å². The molecular weight excluding hydrogens is 304 g/mol.